The Hall–Kier alpha value is -1.25. The lowest BCUT2D eigenvalue weighted by molar-refractivity contribution is -0.0503. The van der Waals surface area contributed by atoms with Crippen LogP contribution in [0.15, 0.2) is 23.0 Å². The molecule has 1 aromatic rings. The average Bonchev–Trinajstić information content (AvgIpc) is 2.88. The first-order chi connectivity index (χ1) is 9.22. The lowest BCUT2D eigenvalue weighted by atomic mass is 9.49. The highest BCUT2D eigenvalue weighted by Gasteiger charge is 2.50. The van der Waals surface area contributed by atoms with Crippen molar-refractivity contribution in [3.8, 4) is 0 Å². The van der Waals surface area contributed by atoms with Crippen molar-refractivity contribution in [2.24, 2.45) is 23.2 Å². The van der Waals surface area contributed by atoms with Gasteiger partial charge >= 0.3 is 0 Å². The molecular weight excluding hydrogens is 238 g/mol. The number of hydrogen-bond donors (Lipinski definition) is 1. The first kappa shape index (κ1) is 11.6. The van der Waals surface area contributed by atoms with Crippen molar-refractivity contribution in [1.82, 2.24) is 5.32 Å². The molecule has 0 unspecified atom stereocenters. The summed E-state index contributed by atoms with van der Waals surface area (Å²) in [6, 6.07) is 1.73. The van der Waals surface area contributed by atoms with Gasteiger partial charge in [-0.3, -0.25) is 4.79 Å². The highest BCUT2D eigenvalue weighted by atomic mass is 16.3. The first-order valence-electron chi connectivity index (χ1n) is 7.53. The lowest BCUT2D eigenvalue weighted by Gasteiger charge is -2.56. The summed E-state index contributed by atoms with van der Waals surface area (Å²) in [5, 5.41) is 3.14. The smallest absolute Gasteiger partial charge is 0.254 e. The van der Waals surface area contributed by atoms with Crippen molar-refractivity contribution in [2.75, 3.05) is 6.54 Å². The summed E-state index contributed by atoms with van der Waals surface area (Å²) < 4.78 is 4.97. The lowest BCUT2D eigenvalue weighted by Crippen LogP contribution is -2.51. The van der Waals surface area contributed by atoms with E-state index in [9.17, 15) is 4.79 Å². The van der Waals surface area contributed by atoms with Gasteiger partial charge in [0.15, 0.2) is 0 Å². The van der Waals surface area contributed by atoms with Crippen molar-refractivity contribution < 1.29 is 9.21 Å². The summed E-state index contributed by atoms with van der Waals surface area (Å²) in [5.74, 6) is 2.84. The van der Waals surface area contributed by atoms with E-state index in [1.807, 2.05) is 0 Å². The predicted octanol–water partition coefficient (Wildman–Crippen LogP) is 3.23. The molecule has 102 valence electrons. The molecule has 1 aromatic heterocycles. The largest absolute Gasteiger partial charge is 0.472 e. The van der Waals surface area contributed by atoms with Gasteiger partial charge in [-0.1, -0.05) is 0 Å². The zero-order chi connectivity index (χ0) is 12.9. The van der Waals surface area contributed by atoms with E-state index in [1.165, 1.54) is 44.8 Å². The Morgan fingerprint density at radius 1 is 1.21 bits per heavy atom. The van der Waals surface area contributed by atoms with Crippen molar-refractivity contribution in [2.45, 2.75) is 38.5 Å². The fraction of sp³-hybridized carbons (Fsp3) is 0.688. The van der Waals surface area contributed by atoms with Crippen LogP contribution in [0.2, 0.25) is 0 Å². The highest BCUT2D eigenvalue weighted by molar-refractivity contribution is 5.93. The molecule has 4 aliphatic rings. The molecule has 4 saturated carbocycles. The van der Waals surface area contributed by atoms with E-state index in [4.69, 9.17) is 4.42 Å². The molecule has 0 radical (unpaired) electrons. The molecule has 4 fully saturated rings. The Kier molecular flexibility index (Phi) is 2.51. The third-order valence-electron chi connectivity index (χ3n) is 5.57. The summed E-state index contributed by atoms with van der Waals surface area (Å²) in [7, 11) is 0. The molecule has 4 aliphatic carbocycles. The van der Waals surface area contributed by atoms with Crippen LogP contribution in [0.25, 0.3) is 0 Å². The molecule has 0 aromatic carbocycles. The second-order valence-electron chi connectivity index (χ2n) is 7.11. The van der Waals surface area contributed by atoms with Gasteiger partial charge in [-0.2, -0.15) is 0 Å². The number of nitrogens with one attached hydrogen (secondary N) is 1. The van der Waals surface area contributed by atoms with Gasteiger partial charge < -0.3 is 9.73 Å². The Balaban J connectivity index is 1.44. The molecule has 3 heteroatoms. The van der Waals surface area contributed by atoms with Gasteiger partial charge in [0, 0.05) is 6.54 Å². The van der Waals surface area contributed by atoms with Crippen LogP contribution < -0.4 is 5.32 Å². The summed E-state index contributed by atoms with van der Waals surface area (Å²) in [6.07, 6.45) is 11.5. The maximum Gasteiger partial charge on any atom is 0.254 e. The van der Waals surface area contributed by atoms with Crippen LogP contribution in [0.4, 0.5) is 0 Å². The van der Waals surface area contributed by atoms with Crippen LogP contribution >= 0.6 is 0 Å². The molecule has 0 spiro atoms. The first-order valence-corrected chi connectivity index (χ1v) is 7.53. The number of rotatable bonds is 3. The van der Waals surface area contributed by atoms with Crippen LogP contribution in [0.5, 0.6) is 0 Å². The van der Waals surface area contributed by atoms with E-state index in [2.05, 4.69) is 5.32 Å². The van der Waals surface area contributed by atoms with Gasteiger partial charge in [0.2, 0.25) is 0 Å². The van der Waals surface area contributed by atoms with Crippen molar-refractivity contribution >= 4 is 5.91 Å². The normalized spacial score (nSPS) is 39.5. The molecule has 0 saturated heterocycles. The molecule has 1 heterocycles. The standard InChI is InChI=1S/C16H21NO2/c18-15(14-1-2-19-9-14)17-10-16-6-11-3-12(7-16)5-13(4-11)8-16/h1-2,9,11-13H,3-8,10H2,(H,17,18). The molecule has 5 rings (SSSR count). The van der Waals surface area contributed by atoms with E-state index < -0.39 is 0 Å². The zero-order valence-electron chi connectivity index (χ0n) is 11.2. The van der Waals surface area contributed by atoms with E-state index in [0.29, 0.717) is 11.0 Å². The molecule has 19 heavy (non-hydrogen) atoms. The molecule has 1 N–H and O–H groups in total. The van der Waals surface area contributed by atoms with E-state index in [0.717, 1.165) is 24.3 Å². The number of furan rings is 1. The van der Waals surface area contributed by atoms with Crippen LogP contribution in [-0.2, 0) is 0 Å². The second-order valence-corrected chi connectivity index (χ2v) is 7.11. The zero-order valence-corrected chi connectivity index (χ0v) is 11.2. The molecule has 0 aliphatic heterocycles. The van der Waals surface area contributed by atoms with Crippen molar-refractivity contribution in [1.29, 1.82) is 0 Å². The Morgan fingerprint density at radius 2 is 1.84 bits per heavy atom. The van der Waals surface area contributed by atoms with Crippen LogP contribution in [-0.4, -0.2) is 12.5 Å². The number of amides is 1. The van der Waals surface area contributed by atoms with Crippen molar-refractivity contribution in [3.63, 3.8) is 0 Å². The minimum atomic E-state index is 0.0181. The fourth-order valence-electron chi connectivity index (χ4n) is 5.27. The van der Waals surface area contributed by atoms with Crippen LogP contribution in [0, 0.1) is 23.2 Å². The Labute approximate surface area is 113 Å². The van der Waals surface area contributed by atoms with Gasteiger partial charge in [0.1, 0.15) is 6.26 Å². The van der Waals surface area contributed by atoms with Gasteiger partial charge in [0.05, 0.1) is 11.8 Å². The summed E-state index contributed by atoms with van der Waals surface area (Å²) in [6.45, 7) is 0.862. The molecule has 0 atom stereocenters. The minimum absolute atomic E-state index is 0.0181. The molecule has 4 bridgehead atoms. The fourth-order valence-corrected chi connectivity index (χ4v) is 5.27. The van der Waals surface area contributed by atoms with Gasteiger partial charge in [-0.25, -0.2) is 0 Å². The van der Waals surface area contributed by atoms with E-state index in [1.54, 1.807) is 12.3 Å². The predicted molar refractivity (Wildman–Crippen MR) is 71.6 cm³/mol. The summed E-state index contributed by atoms with van der Waals surface area (Å²) in [5.41, 5.74) is 1.05. The van der Waals surface area contributed by atoms with Crippen LogP contribution in [0.3, 0.4) is 0 Å². The highest BCUT2D eigenvalue weighted by Crippen LogP contribution is 2.59. The quantitative estimate of drug-likeness (QED) is 0.905. The third kappa shape index (κ3) is 1.99. The SMILES string of the molecule is O=C(NCC12CC3CC(CC(C3)C1)C2)c1ccoc1. The second kappa shape index (κ2) is 4.12. The number of carbonyl (C=O) groups is 1. The monoisotopic (exact) mass is 259 g/mol. The topological polar surface area (TPSA) is 42.2 Å². The minimum Gasteiger partial charge on any atom is -0.472 e. The van der Waals surface area contributed by atoms with Crippen LogP contribution in [0.1, 0.15) is 48.9 Å². The molecule has 1 amide bonds. The van der Waals surface area contributed by atoms with Gasteiger partial charge in [-0.15, -0.1) is 0 Å². The van der Waals surface area contributed by atoms with E-state index >= 15 is 0 Å². The van der Waals surface area contributed by atoms with Crippen molar-refractivity contribution in [3.05, 3.63) is 24.2 Å². The van der Waals surface area contributed by atoms with Gasteiger partial charge in [0.25, 0.3) is 5.91 Å². The number of hydrogen-bond acceptors (Lipinski definition) is 2. The summed E-state index contributed by atoms with van der Waals surface area (Å²) >= 11 is 0. The molecule has 3 nitrogen and oxygen atoms in total. The Bertz CT molecular complexity index is 442. The maximum absolute atomic E-state index is 12.0. The summed E-state index contributed by atoms with van der Waals surface area (Å²) in [4.78, 5) is 12.0. The van der Waals surface area contributed by atoms with E-state index in [-0.39, 0.29) is 5.91 Å². The average molecular weight is 259 g/mol. The Morgan fingerprint density at radius 3 is 2.37 bits per heavy atom. The molecular formula is C16H21NO2. The third-order valence-corrected chi connectivity index (χ3v) is 5.57. The maximum atomic E-state index is 12.0. The number of carbonyl (C=O) groups excluding carboxylic acids is 1. The van der Waals surface area contributed by atoms with Gasteiger partial charge in [-0.05, 0) is 67.8 Å².